The van der Waals surface area contributed by atoms with E-state index in [2.05, 4.69) is 64.1 Å². The summed E-state index contributed by atoms with van der Waals surface area (Å²) in [5.41, 5.74) is 13.4. The van der Waals surface area contributed by atoms with Gasteiger partial charge < -0.3 is 5.73 Å². The fraction of sp³-hybridized carbons (Fsp3) is 0.294. The molecule has 1 heteroatoms. The van der Waals surface area contributed by atoms with Crippen molar-refractivity contribution in [2.75, 3.05) is 5.73 Å². The van der Waals surface area contributed by atoms with Gasteiger partial charge in [-0.3, -0.25) is 0 Å². The predicted molar refractivity (Wildman–Crippen MR) is 79.9 cm³/mol. The van der Waals surface area contributed by atoms with Crippen LogP contribution >= 0.6 is 0 Å². The number of hydrogen-bond donors (Lipinski definition) is 1. The third kappa shape index (κ3) is 2.26. The van der Waals surface area contributed by atoms with Crippen LogP contribution in [0.1, 0.15) is 36.5 Å². The van der Waals surface area contributed by atoms with Gasteiger partial charge in [0.1, 0.15) is 0 Å². The highest BCUT2D eigenvalue weighted by Gasteiger charge is 2.08. The number of anilines is 1. The summed E-state index contributed by atoms with van der Waals surface area (Å²) in [6.45, 7) is 8.65. The number of aryl methyl sites for hydroxylation is 1. The quantitative estimate of drug-likeness (QED) is 0.757. The monoisotopic (exact) mass is 239 g/mol. The average molecular weight is 239 g/mol. The lowest BCUT2D eigenvalue weighted by Crippen LogP contribution is -1.97. The molecule has 0 fully saturated rings. The van der Waals surface area contributed by atoms with Crippen molar-refractivity contribution in [2.45, 2.75) is 33.6 Å². The Morgan fingerprint density at radius 2 is 1.72 bits per heavy atom. The Balaban J connectivity index is 2.52. The van der Waals surface area contributed by atoms with Gasteiger partial charge in [0.05, 0.1) is 0 Å². The normalized spacial score (nSPS) is 10.9. The summed E-state index contributed by atoms with van der Waals surface area (Å²) in [6, 6.07) is 12.8. The molecular weight excluding hydrogens is 218 g/mol. The molecule has 2 aromatic rings. The Labute approximate surface area is 110 Å². The van der Waals surface area contributed by atoms with E-state index in [1.807, 2.05) is 0 Å². The maximum Gasteiger partial charge on any atom is 0.0355 e. The van der Waals surface area contributed by atoms with Gasteiger partial charge in [0.15, 0.2) is 0 Å². The molecule has 2 N–H and O–H groups in total. The molecular formula is C17H21N. The third-order valence-corrected chi connectivity index (χ3v) is 3.62. The number of nitrogen functional groups attached to an aromatic ring is 1. The molecule has 0 saturated carbocycles. The molecule has 0 radical (unpaired) electrons. The number of nitrogens with two attached hydrogens (primary N) is 1. The van der Waals surface area contributed by atoms with E-state index in [0.717, 1.165) is 5.69 Å². The first-order chi connectivity index (χ1) is 8.50. The van der Waals surface area contributed by atoms with E-state index in [4.69, 9.17) is 5.73 Å². The molecule has 2 aromatic carbocycles. The van der Waals surface area contributed by atoms with Gasteiger partial charge in [-0.15, -0.1) is 0 Å². The lowest BCUT2D eigenvalue weighted by Gasteiger charge is -2.13. The molecule has 0 saturated heterocycles. The molecule has 0 aromatic heterocycles. The van der Waals surface area contributed by atoms with Crippen LogP contribution in [-0.2, 0) is 0 Å². The predicted octanol–water partition coefficient (Wildman–Crippen LogP) is 4.68. The molecule has 0 heterocycles. The molecule has 0 atom stereocenters. The van der Waals surface area contributed by atoms with Gasteiger partial charge in [0.25, 0.3) is 0 Å². The van der Waals surface area contributed by atoms with Crippen LogP contribution in [0.5, 0.6) is 0 Å². The first-order valence-electron chi connectivity index (χ1n) is 6.46. The van der Waals surface area contributed by atoms with Crippen molar-refractivity contribution in [1.82, 2.24) is 0 Å². The van der Waals surface area contributed by atoms with E-state index < -0.39 is 0 Å². The van der Waals surface area contributed by atoms with Crippen molar-refractivity contribution in [3.8, 4) is 11.1 Å². The summed E-state index contributed by atoms with van der Waals surface area (Å²) in [5.74, 6) is 0.470. The minimum atomic E-state index is 0.470. The zero-order chi connectivity index (χ0) is 13.3. The Bertz CT molecular complexity index is 568. The highest BCUT2D eigenvalue weighted by Crippen LogP contribution is 2.30. The molecule has 0 aliphatic heterocycles. The molecule has 18 heavy (non-hydrogen) atoms. The molecule has 2 rings (SSSR count). The van der Waals surface area contributed by atoms with E-state index in [1.165, 1.54) is 27.8 Å². The Hall–Kier alpha value is -1.76. The lowest BCUT2D eigenvalue weighted by atomic mass is 9.93. The molecule has 1 nitrogen and oxygen atoms in total. The van der Waals surface area contributed by atoms with E-state index in [1.54, 1.807) is 0 Å². The van der Waals surface area contributed by atoms with Gasteiger partial charge in [0.2, 0.25) is 0 Å². The Morgan fingerprint density at radius 3 is 2.33 bits per heavy atom. The zero-order valence-electron chi connectivity index (χ0n) is 11.6. The summed E-state index contributed by atoms with van der Waals surface area (Å²) in [4.78, 5) is 0. The van der Waals surface area contributed by atoms with Crippen molar-refractivity contribution in [3.63, 3.8) is 0 Å². The van der Waals surface area contributed by atoms with E-state index in [9.17, 15) is 0 Å². The van der Waals surface area contributed by atoms with Crippen LogP contribution in [-0.4, -0.2) is 0 Å². The minimum Gasteiger partial charge on any atom is -0.398 e. The zero-order valence-corrected chi connectivity index (χ0v) is 11.6. The Kier molecular flexibility index (Phi) is 3.42. The van der Waals surface area contributed by atoms with Crippen LogP contribution in [0.15, 0.2) is 36.4 Å². The molecule has 0 unspecified atom stereocenters. The fourth-order valence-electron chi connectivity index (χ4n) is 2.33. The summed E-state index contributed by atoms with van der Waals surface area (Å²) < 4.78 is 0. The van der Waals surface area contributed by atoms with E-state index in [-0.39, 0.29) is 0 Å². The van der Waals surface area contributed by atoms with Gasteiger partial charge in [-0.2, -0.15) is 0 Å². The molecule has 94 valence electrons. The van der Waals surface area contributed by atoms with Crippen LogP contribution in [0.25, 0.3) is 11.1 Å². The van der Waals surface area contributed by atoms with Gasteiger partial charge >= 0.3 is 0 Å². The van der Waals surface area contributed by atoms with Gasteiger partial charge in [-0.05, 0) is 53.6 Å². The molecule has 0 aliphatic carbocycles. The maximum atomic E-state index is 6.15. The number of hydrogen-bond acceptors (Lipinski definition) is 1. The highest BCUT2D eigenvalue weighted by atomic mass is 14.6. The second-order valence-corrected chi connectivity index (χ2v) is 5.25. The van der Waals surface area contributed by atoms with Crippen LogP contribution in [0, 0.1) is 13.8 Å². The SMILES string of the molecule is Cc1cccc(-c2ccc(C(C)C)c(N)c2)c1C. The van der Waals surface area contributed by atoms with Gasteiger partial charge in [-0.25, -0.2) is 0 Å². The highest BCUT2D eigenvalue weighted by molar-refractivity contribution is 5.72. The summed E-state index contributed by atoms with van der Waals surface area (Å²) in [5, 5.41) is 0. The first-order valence-corrected chi connectivity index (χ1v) is 6.46. The van der Waals surface area contributed by atoms with Crippen molar-refractivity contribution >= 4 is 5.69 Å². The average Bonchev–Trinajstić information content (AvgIpc) is 2.32. The van der Waals surface area contributed by atoms with E-state index >= 15 is 0 Å². The summed E-state index contributed by atoms with van der Waals surface area (Å²) in [6.07, 6.45) is 0. The summed E-state index contributed by atoms with van der Waals surface area (Å²) >= 11 is 0. The second-order valence-electron chi connectivity index (χ2n) is 5.25. The van der Waals surface area contributed by atoms with Gasteiger partial charge in [0, 0.05) is 5.69 Å². The smallest absolute Gasteiger partial charge is 0.0355 e. The standard InChI is InChI=1S/C17H21N/c1-11(2)15-9-8-14(10-17(15)18)16-7-5-6-12(3)13(16)4/h5-11H,18H2,1-4H3. The van der Waals surface area contributed by atoms with Crippen molar-refractivity contribution < 1.29 is 0 Å². The van der Waals surface area contributed by atoms with Crippen LogP contribution in [0.3, 0.4) is 0 Å². The third-order valence-electron chi connectivity index (χ3n) is 3.62. The number of benzene rings is 2. The Morgan fingerprint density at radius 1 is 1.00 bits per heavy atom. The molecule has 0 spiro atoms. The van der Waals surface area contributed by atoms with Crippen molar-refractivity contribution in [2.24, 2.45) is 0 Å². The minimum absolute atomic E-state index is 0.470. The maximum absolute atomic E-state index is 6.15. The first kappa shape index (κ1) is 12.7. The van der Waals surface area contributed by atoms with Crippen molar-refractivity contribution in [3.05, 3.63) is 53.1 Å². The van der Waals surface area contributed by atoms with Crippen LogP contribution in [0.4, 0.5) is 5.69 Å². The largest absolute Gasteiger partial charge is 0.398 e. The van der Waals surface area contributed by atoms with Crippen LogP contribution in [0.2, 0.25) is 0 Å². The van der Waals surface area contributed by atoms with Crippen LogP contribution < -0.4 is 5.73 Å². The summed E-state index contributed by atoms with van der Waals surface area (Å²) in [7, 11) is 0. The van der Waals surface area contributed by atoms with Gasteiger partial charge in [-0.1, -0.05) is 44.2 Å². The fourth-order valence-corrected chi connectivity index (χ4v) is 2.33. The second kappa shape index (κ2) is 4.85. The van der Waals surface area contributed by atoms with Crippen molar-refractivity contribution in [1.29, 1.82) is 0 Å². The van der Waals surface area contributed by atoms with E-state index in [0.29, 0.717) is 5.92 Å². The number of rotatable bonds is 2. The molecule has 0 aliphatic rings. The lowest BCUT2D eigenvalue weighted by molar-refractivity contribution is 0.870. The molecule has 0 amide bonds. The molecule has 0 bridgehead atoms. The topological polar surface area (TPSA) is 26.0 Å².